The van der Waals surface area contributed by atoms with Crippen molar-refractivity contribution in [2.45, 2.75) is 63.0 Å². The van der Waals surface area contributed by atoms with E-state index in [1.54, 1.807) is 6.92 Å². The first-order chi connectivity index (χ1) is 11.1. The summed E-state index contributed by atoms with van der Waals surface area (Å²) in [4.78, 5) is 22.3. The summed E-state index contributed by atoms with van der Waals surface area (Å²) in [6, 6.07) is 0. The quantitative estimate of drug-likeness (QED) is 0.308. The summed E-state index contributed by atoms with van der Waals surface area (Å²) >= 11 is 0. The second-order valence-electron chi connectivity index (χ2n) is 5.90. The molecule has 0 spiro atoms. The van der Waals surface area contributed by atoms with Gasteiger partial charge in [0.25, 0.3) is 0 Å². The number of esters is 1. The summed E-state index contributed by atoms with van der Waals surface area (Å²) in [5, 5.41) is 47.7. The third-order valence-electron chi connectivity index (χ3n) is 3.47. The van der Waals surface area contributed by atoms with Gasteiger partial charge in [0.05, 0.1) is 18.4 Å². The molecule has 0 amide bonds. The minimum atomic E-state index is -1.78. The highest BCUT2D eigenvalue weighted by molar-refractivity contribution is 5.73. The highest BCUT2D eigenvalue weighted by Gasteiger charge is 2.44. The van der Waals surface area contributed by atoms with Gasteiger partial charge < -0.3 is 39.7 Å². The molecule has 10 nitrogen and oxygen atoms in total. The zero-order chi connectivity index (χ0) is 18.5. The maximum atomic E-state index is 11.7. The molecule has 1 saturated heterocycles. The molecule has 1 rings (SSSR count). The number of rotatable bonds is 8. The number of carboxylic acids is 1. The van der Waals surface area contributed by atoms with Gasteiger partial charge in [-0.15, -0.1) is 0 Å². The van der Waals surface area contributed by atoms with Crippen LogP contribution in [0.1, 0.15) is 26.7 Å². The van der Waals surface area contributed by atoms with Crippen molar-refractivity contribution < 1.29 is 49.3 Å². The van der Waals surface area contributed by atoms with Crippen LogP contribution in [0.3, 0.4) is 0 Å². The van der Waals surface area contributed by atoms with Crippen LogP contribution < -0.4 is 0 Å². The fourth-order valence-corrected chi connectivity index (χ4v) is 2.28. The zero-order valence-electron chi connectivity index (χ0n) is 13.5. The summed E-state index contributed by atoms with van der Waals surface area (Å²) in [5.74, 6) is -2.17. The molecule has 1 fully saturated rings. The van der Waals surface area contributed by atoms with E-state index in [-0.39, 0.29) is 6.61 Å². The van der Waals surface area contributed by atoms with Crippen molar-refractivity contribution >= 4 is 11.9 Å². The minimum absolute atomic E-state index is 0.190. The standard InChI is InChI=1S/C14H24O10/c1-3-22-13-12(20)11(19)10(18)7(24-13)6-23-9(17)5-14(2,21)4-8(15)16/h7,10-13,18-21H,3-6H2,1-2H3,(H,15,16)/t7-,10-,11+,12-,13-,14?/m1/s1. The van der Waals surface area contributed by atoms with Crippen LogP contribution in [0, 0.1) is 0 Å². The molecule has 1 aliphatic heterocycles. The number of carbonyl (C=O) groups excluding carboxylic acids is 1. The molecule has 0 radical (unpaired) electrons. The van der Waals surface area contributed by atoms with Gasteiger partial charge >= 0.3 is 11.9 Å². The number of hydrogen-bond donors (Lipinski definition) is 5. The Morgan fingerprint density at radius 2 is 1.75 bits per heavy atom. The highest BCUT2D eigenvalue weighted by atomic mass is 16.7. The molecule has 6 atom stereocenters. The summed E-state index contributed by atoms with van der Waals surface area (Å²) in [6.45, 7) is 2.55. The number of aliphatic carboxylic acids is 1. The molecular formula is C14H24O10. The fraction of sp³-hybridized carbons (Fsp3) is 0.857. The Hall–Kier alpha value is -1.30. The average Bonchev–Trinajstić information content (AvgIpc) is 2.44. The Kier molecular flexibility index (Phi) is 7.52. The monoisotopic (exact) mass is 352 g/mol. The maximum absolute atomic E-state index is 11.7. The molecule has 0 aliphatic carbocycles. The van der Waals surface area contributed by atoms with Crippen LogP contribution in [0.25, 0.3) is 0 Å². The molecular weight excluding hydrogens is 328 g/mol. The molecule has 24 heavy (non-hydrogen) atoms. The lowest BCUT2D eigenvalue weighted by atomic mass is 9.98. The molecule has 1 unspecified atom stereocenters. The minimum Gasteiger partial charge on any atom is -0.481 e. The van der Waals surface area contributed by atoms with E-state index >= 15 is 0 Å². The van der Waals surface area contributed by atoms with Crippen LogP contribution in [0.4, 0.5) is 0 Å². The van der Waals surface area contributed by atoms with Gasteiger partial charge in [0.1, 0.15) is 31.0 Å². The van der Waals surface area contributed by atoms with Gasteiger partial charge in [0.15, 0.2) is 6.29 Å². The third kappa shape index (κ3) is 5.96. The summed E-state index contributed by atoms with van der Waals surface area (Å²) < 4.78 is 15.2. The molecule has 10 heteroatoms. The van der Waals surface area contributed by atoms with Gasteiger partial charge in [0.2, 0.25) is 0 Å². The Bertz CT molecular complexity index is 437. The number of aliphatic hydroxyl groups excluding tert-OH is 3. The van der Waals surface area contributed by atoms with Crippen molar-refractivity contribution in [3.63, 3.8) is 0 Å². The predicted molar refractivity (Wildman–Crippen MR) is 76.8 cm³/mol. The highest BCUT2D eigenvalue weighted by Crippen LogP contribution is 2.23. The first kappa shape index (κ1) is 20.7. The largest absolute Gasteiger partial charge is 0.481 e. The molecule has 0 bridgehead atoms. The predicted octanol–water partition coefficient (Wildman–Crippen LogP) is -2.01. The van der Waals surface area contributed by atoms with Crippen LogP contribution in [-0.2, 0) is 23.8 Å². The zero-order valence-corrected chi connectivity index (χ0v) is 13.5. The van der Waals surface area contributed by atoms with Crippen molar-refractivity contribution in [3.8, 4) is 0 Å². The van der Waals surface area contributed by atoms with Crippen LogP contribution in [0.2, 0.25) is 0 Å². The molecule has 140 valence electrons. The first-order valence-corrected chi connectivity index (χ1v) is 7.48. The molecule has 0 aromatic rings. The van der Waals surface area contributed by atoms with Crippen LogP contribution in [0.15, 0.2) is 0 Å². The van der Waals surface area contributed by atoms with Gasteiger partial charge in [0, 0.05) is 6.61 Å². The van der Waals surface area contributed by atoms with E-state index in [1.807, 2.05) is 0 Å². The van der Waals surface area contributed by atoms with Gasteiger partial charge in [-0.2, -0.15) is 0 Å². The van der Waals surface area contributed by atoms with E-state index in [2.05, 4.69) is 0 Å². The maximum Gasteiger partial charge on any atom is 0.308 e. The van der Waals surface area contributed by atoms with E-state index in [0.717, 1.165) is 0 Å². The van der Waals surface area contributed by atoms with E-state index in [1.165, 1.54) is 6.92 Å². The molecule has 0 saturated carbocycles. The second-order valence-corrected chi connectivity index (χ2v) is 5.90. The van der Waals surface area contributed by atoms with Crippen molar-refractivity contribution in [1.82, 2.24) is 0 Å². The van der Waals surface area contributed by atoms with E-state index in [4.69, 9.17) is 19.3 Å². The lowest BCUT2D eigenvalue weighted by Gasteiger charge is -2.39. The van der Waals surface area contributed by atoms with Gasteiger partial charge in [-0.1, -0.05) is 0 Å². The molecule has 1 heterocycles. The Balaban J connectivity index is 2.55. The van der Waals surface area contributed by atoms with Crippen LogP contribution in [0.5, 0.6) is 0 Å². The second kappa shape index (κ2) is 8.70. The first-order valence-electron chi connectivity index (χ1n) is 7.48. The molecule has 0 aromatic heterocycles. The van der Waals surface area contributed by atoms with Crippen molar-refractivity contribution in [2.24, 2.45) is 0 Å². The number of ether oxygens (including phenoxy) is 3. The van der Waals surface area contributed by atoms with Crippen LogP contribution in [-0.4, -0.2) is 87.0 Å². The van der Waals surface area contributed by atoms with E-state index < -0.39 is 67.7 Å². The van der Waals surface area contributed by atoms with E-state index in [0.29, 0.717) is 0 Å². The number of aliphatic hydroxyl groups is 4. The Morgan fingerprint density at radius 1 is 1.12 bits per heavy atom. The van der Waals surface area contributed by atoms with E-state index in [9.17, 15) is 30.0 Å². The van der Waals surface area contributed by atoms with Crippen molar-refractivity contribution in [2.75, 3.05) is 13.2 Å². The summed E-state index contributed by atoms with van der Waals surface area (Å²) in [7, 11) is 0. The third-order valence-corrected chi connectivity index (χ3v) is 3.47. The van der Waals surface area contributed by atoms with Crippen LogP contribution >= 0.6 is 0 Å². The normalized spacial score (nSPS) is 32.8. The number of carbonyl (C=O) groups is 2. The van der Waals surface area contributed by atoms with Crippen molar-refractivity contribution in [1.29, 1.82) is 0 Å². The van der Waals surface area contributed by atoms with Gasteiger partial charge in [-0.25, -0.2) is 0 Å². The lowest BCUT2D eigenvalue weighted by Crippen LogP contribution is -2.59. The number of hydrogen-bond acceptors (Lipinski definition) is 9. The average molecular weight is 352 g/mol. The topological polar surface area (TPSA) is 163 Å². The molecule has 1 aliphatic rings. The number of carboxylic acid groups (broad SMARTS) is 1. The summed E-state index contributed by atoms with van der Waals surface area (Å²) in [5.41, 5.74) is -1.78. The van der Waals surface area contributed by atoms with Gasteiger partial charge in [-0.3, -0.25) is 9.59 Å². The molecule has 5 N–H and O–H groups in total. The smallest absolute Gasteiger partial charge is 0.308 e. The fourth-order valence-electron chi connectivity index (χ4n) is 2.28. The Morgan fingerprint density at radius 3 is 2.29 bits per heavy atom. The summed E-state index contributed by atoms with van der Waals surface area (Å²) in [6.07, 6.45) is -8.05. The van der Waals surface area contributed by atoms with Crippen molar-refractivity contribution in [3.05, 3.63) is 0 Å². The molecule has 0 aromatic carbocycles. The Labute approximate surface area is 138 Å². The van der Waals surface area contributed by atoms with Gasteiger partial charge in [-0.05, 0) is 13.8 Å². The lowest BCUT2D eigenvalue weighted by molar-refractivity contribution is -0.300. The SMILES string of the molecule is CCO[C@@H]1O[C@H](COC(=O)CC(C)(O)CC(=O)O)[C@@H](O)[C@H](O)[C@H]1O.